The average molecular weight is 297 g/mol. The first-order chi connectivity index (χ1) is 9.54. The van der Waals surface area contributed by atoms with E-state index in [1.807, 2.05) is 25.1 Å². The van der Waals surface area contributed by atoms with Crippen LogP contribution in [0.3, 0.4) is 0 Å². The molecule has 0 amide bonds. The predicted octanol–water partition coefficient (Wildman–Crippen LogP) is 1.79. The number of aromatic amines is 1. The van der Waals surface area contributed by atoms with Crippen LogP contribution >= 0.6 is 0 Å². The highest BCUT2D eigenvalue weighted by Gasteiger charge is 2.11. The summed E-state index contributed by atoms with van der Waals surface area (Å²) >= 11 is 0. The van der Waals surface area contributed by atoms with Crippen molar-refractivity contribution in [3.8, 4) is 5.75 Å². The molecule has 2 N–H and O–H groups in total. The first-order valence-electron chi connectivity index (χ1n) is 6.54. The Morgan fingerprint density at radius 2 is 2.20 bits per heavy atom. The Kier molecular flexibility index (Phi) is 4.61. The van der Waals surface area contributed by atoms with Crippen LogP contribution in [0.5, 0.6) is 5.75 Å². The number of rotatable bonds is 7. The van der Waals surface area contributed by atoms with E-state index in [2.05, 4.69) is 14.7 Å². The Balaban J connectivity index is 2.07. The van der Waals surface area contributed by atoms with Crippen molar-refractivity contribution in [2.24, 2.45) is 0 Å². The van der Waals surface area contributed by atoms with Crippen LogP contribution < -0.4 is 9.46 Å². The largest absolute Gasteiger partial charge is 0.497 e. The number of hydrogen-bond donors (Lipinski definition) is 2. The molecule has 6 nitrogen and oxygen atoms in total. The summed E-state index contributed by atoms with van der Waals surface area (Å²) in [5.74, 6) is 1.47. The van der Waals surface area contributed by atoms with Gasteiger partial charge in [-0.15, -0.1) is 0 Å². The average Bonchev–Trinajstić information content (AvgIpc) is 2.85. The van der Waals surface area contributed by atoms with Crippen molar-refractivity contribution in [1.82, 2.24) is 14.7 Å². The third-order valence-corrected chi connectivity index (χ3v) is 4.37. The fourth-order valence-electron chi connectivity index (χ4n) is 1.84. The molecule has 0 aliphatic heterocycles. The van der Waals surface area contributed by atoms with E-state index in [9.17, 15) is 8.42 Å². The summed E-state index contributed by atoms with van der Waals surface area (Å²) in [4.78, 5) is 7.41. The maximum absolute atomic E-state index is 11.7. The van der Waals surface area contributed by atoms with Crippen molar-refractivity contribution in [3.05, 3.63) is 24.0 Å². The number of sulfonamides is 1. The number of benzene rings is 1. The van der Waals surface area contributed by atoms with Gasteiger partial charge in [0, 0.05) is 6.07 Å². The number of nitrogens with one attached hydrogen (secondary N) is 2. The van der Waals surface area contributed by atoms with Gasteiger partial charge < -0.3 is 9.72 Å². The summed E-state index contributed by atoms with van der Waals surface area (Å²) in [7, 11) is -1.63. The number of imidazole rings is 1. The van der Waals surface area contributed by atoms with E-state index in [0.717, 1.165) is 23.2 Å². The van der Waals surface area contributed by atoms with Crippen LogP contribution in [-0.2, 0) is 16.6 Å². The van der Waals surface area contributed by atoms with E-state index in [-0.39, 0.29) is 12.3 Å². The van der Waals surface area contributed by atoms with Crippen molar-refractivity contribution in [2.45, 2.75) is 26.3 Å². The molecule has 0 spiro atoms. The van der Waals surface area contributed by atoms with E-state index in [4.69, 9.17) is 4.74 Å². The second-order valence-corrected chi connectivity index (χ2v) is 6.49. The minimum atomic E-state index is -3.23. The van der Waals surface area contributed by atoms with Crippen LogP contribution in [0.1, 0.15) is 25.6 Å². The standard InChI is InChI=1S/C13H19N3O3S/c1-3-4-7-20(17,18)14-9-13-15-11-6-5-10(19-2)8-12(11)16-13/h5-6,8,14H,3-4,7,9H2,1-2H3,(H,15,16). The summed E-state index contributed by atoms with van der Waals surface area (Å²) in [5, 5.41) is 0. The first-order valence-corrected chi connectivity index (χ1v) is 8.19. The van der Waals surface area contributed by atoms with Gasteiger partial charge in [-0.1, -0.05) is 13.3 Å². The molecule has 2 rings (SSSR count). The fourth-order valence-corrected chi connectivity index (χ4v) is 3.01. The van der Waals surface area contributed by atoms with Gasteiger partial charge in [0.25, 0.3) is 0 Å². The molecular formula is C13H19N3O3S. The van der Waals surface area contributed by atoms with Crippen molar-refractivity contribution < 1.29 is 13.2 Å². The molecule has 0 bridgehead atoms. The maximum Gasteiger partial charge on any atom is 0.212 e. The Bertz CT molecular complexity index is 679. The van der Waals surface area contributed by atoms with E-state index in [1.165, 1.54) is 0 Å². The lowest BCUT2D eigenvalue weighted by Gasteiger charge is -2.03. The van der Waals surface area contributed by atoms with E-state index < -0.39 is 10.0 Å². The number of nitrogens with zero attached hydrogens (tertiary/aromatic N) is 1. The zero-order valence-corrected chi connectivity index (χ0v) is 12.5. The molecule has 110 valence electrons. The zero-order valence-electron chi connectivity index (χ0n) is 11.6. The highest BCUT2D eigenvalue weighted by atomic mass is 32.2. The number of ether oxygens (including phenoxy) is 1. The van der Waals surface area contributed by atoms with Crippen LogP contribution in [0.2, 0.25) is 0 Å². The topological polar surface area (TPSA) is 84.1 Å². The molecule has 20 heavy (non-hydrogen) atoms. The van der Waals surface area contributed by atoms with Gasteiger partial charge in [-0.25, -0.2) is 18.1 Å². The Morgan fingerprint density at radius 1 is 1.40 bits per heavy atom. The normalized spacial score (nSPS) is 11.9. The van der Waals surface area contributed by atoms with Crippen molar-refractivity contribution >= 4 is 21.1 Å². The lowest BCUT2D eigenvalue weighted by molar-refractivity contribution is 0.415. The molecule has 1 aromatic heterocycles. The quantitative estimate of drug-likeness (QED) is 0.816. The number of unbranched alkanes of at least 4 members (excludes halogenated alkanes) is 1. The third-order valence-electron chi connectivity index (χ3n) is 2.96. The molecule has 0 radical (unpaired) electrons. The monoisotopic (exact) mass is 297 g/mol. The van der Waals surface area contributed by atoms with Crippen LogP contribution in [0.15, 0.2) is 18.2 Å². The van der Waals surface area contributed by atoms with Crippen LogP contribution in [0, 0.1) is 0 Å². The summed E-state index contributed by atoms with van der Waals surface area (Å²) in [6, 6.07) is 5.48. The highest BCUT2D eigenvalue weighted by Crippen LogP contribution is 2.18. The number of H-pyrrole nitrogens is 1. The molecule has 0 saturated heterocycles. The molecule has 0 unspecified atom stereocenters. The van der Waals surface area contributed by atoms with Gasteiger partial charge in [0.2, 0.25) is 10.0 Å². The van der Waals surface area contributed by atoms with E-state index >= 15 is 0 Å². The van der Waals surface area contributed by atoms with E-state index in [0.29, 0.717) is 12.2 Å². The molecule has 0 fully saturated rings. The zero-order chi connectivity index (χ0) is 14.6. The summed E-state index contributed by atoms with van der Waals surface area (Å²) in [6.07, 6.45) is 1.51. The predicted molar refractivity (Wildman–Crippen MR) is 78.2 cm³/mol. The minimum absolute atomic E-state index is 0.150. The lowest BCUT2D eigenvalue weighted by atomic mass is 10.3. The van der Waals surface area contributed by atoms with Crippen molar-refractivity contribution in [2.75, 3.05) is 12.9 Å². The second kappa shape index (κ2) is 6.23. The molecule has 0 atom stereocenters. The molecule has 0 saturated carbocycles. The number of aromatic nitrogens is 2. The van der Waals surface area contributed by atoms with Crippen LogP contribution in [0.4, 0.5) is 0 Å². The molecular weight excluding hydrogens is 278 g/mol. The molecule has 0 aliphatic rings. The SMILES string of the molecule is CCCCS(=O)(=O)NCc1nc2ccc(OC)cc2[nH]1. The maximum atomic E-state index is 11.7. The van der Waals surface area contributed by atoms with Gasteiger partial charge in [0.1, 0.15) is 11.6 Å². The van der Waals surface area contributed by atoms with Gasteiger partial charge in [-0.2, -0.15) is 0 Å². The molecule has 1 aromatic carbocycles. The summed E-state index contributed by atoms with van der Waals surface area (Å²) < 4.78 is 31.1. The minimum Gasteiger partial charge on any atom is -0.497 e. The smallest absolute Gasteiger partial charge is 0.212 e. The highest BCUT2D eigenvalue weighted by molar-refractivity contribution is 7.89. The number of methoxy groups -OCH3 is 1. The lowest BCUT2D eigenvalue weighted by Crippen LogP contribution is -2.26. The van der Waals surface area contributed by atoms with Crippen LogP contribution in [0.25, 0.3) is 11.0 Å². The van der Waals surface area contributed by atoms with Gasteiger partial charge >= 0.3 is 0 Å². The molecule has 7 heteroatoms. The Morgan fingerprint density at radius 3 is 2.90 bits per heavy atom. The molecule has 0 aliphatic carbocycles. The Hall–Kier alpha value is -1.60. The van der Waals surface area contributed by atoms with Gasteiger partial charge in [-0.05, 0) is 18.6 Å². The van der Waals surface area contributed by atoms with E-state index in [1.54, 1.807) is 7.11 Å². The molecule has 1 heterocycles. The van der Waals surface area contributed by atoms with Crippen molar-refractivity contribution in [1.29, 1.82) is 0 Å². The Labute approximate surface area is 118 Å². The first kappa shape index (κ1) is 14.8. The second-order valence-electron chi connectivity index (χ2n) is 4.56. The third kappa shape index (κ3) is 3.71. The number of fused-ring (bicyclic) bond motifs is 1. The summed E-state index contributed by atoms with van der Waals surface area (Å²) in [5.41, 5.74) is 1.61. The van der Waals surface area contributed by atoms with Crippen LogP contribution in [-0.4, -0.2) is 31.2 Å². The van der Waals surface area contributed by atoms with Gasteiger partial charge in [0.05, 0.1) is 30.4 Å². The fraction of sp³-hybridized carbons (Fsp3) is 0.462. The van der Waals surface area contributed by atoms with Gasteiger partial charge in [0.15, 0.2) is 0 Å². The van der Waals surface area contributed by atoms with Crippen molar-refractivity contribution in [3.63, 3.8) is 0 Å². The number of hydrogen-bond acceptors (Lipinski definition) is 4. The molecule has 2 aromatic rings. The summed E-state index contributed by atoms with van der Waals surface area (Å²) in [6.45, 7) is 2.13. The van der Waals surface area contributed by atoms with Gasteiger partial charge in [-0.3, -0.25) is 0 Å².